The number of carbonyl (C=O) groups is 2. The minimum atomic E-state index is -0.956. The molecular formula is C12H12N2O3. The number of aromatic nitrogens is 1. The number of rotatable bonds is 3. The van der Waals surface area contributed by atoms with Crippen LogP contribution in [-0.4, -0.2) is 28.0 Å². The van der Waals surface area contributed by atoms with Gasteiger partial charge in [-0.2, -0.15) is 0 Å². The van der Waals surface area contributed by atoms with Crippen LogP contribution in [0.2, 0.25) is 0 Å². The van der Waals surface area contributed by atoms with E-state index in [1.54, 1.807) is 12.3 Å². The minimum absolute atomic E-state index is 0.0455. The molecule has 88 valence electrons. The second-order valence-electron chi connectivity index (χ2n) is 5.12. The van der Waals surface area contributed by atoms with E-state index in [4.69, 9.17) is 5.11 Å². The summed E-state index contributed by atoms with van der Waals surface area (Å²) in [6, 6.07) is 3.63. The zero-order valence-corrected chi connectivity index (χ0v) is 9.14. The topological polar surface area (TPSA) is 79.3 Å². The quantitative estimate of drug-likeness (QED) is 0.770. The van der Waals surface area contributed by atoms with E-state index in [9.17, 15) is 9.59 Å². The first kappa shape index (κ1) is 10.3. The van der Waals surface area contributed by atoms with Crippen molar-refractivity contribution in [2.45, 2.75) is 30.2 Å². The first-order valence-electron chi connectivity index (χ1n) is 5.50. The Morgan fingerprint density at radius 1 is 1.41 bits per heavy atom. The van der Waals surface area contributed by atoms with E-state index < -0.39 is 6.09 Å². The molecule has 4 rings (SSSR count). The lowest BCUT2D eigenvalue weighted by molar-refractivity contribution is -0.0848. The van der Waals surface area contributed by atoms with Crippen LogP contribution in [0, 0.1) is 0 Å². The number of hydrogen-bond donors (Lipinski definition) is 2. The van der Waals surface area contributed by atoms with Crippen molar-refractivity contribution in [1.29, 1.82) is 0 Å². The third-order valence-electron chi connectivity index (χ3n) is 3.87. The summed E-state index contributed by atoms with van der Waals surface area (Å²) in [6.45, 7) is 0. The van der Waals surface area contributed by atoms with Crippen molar-refractivity contribution < 1.29 is 14.7 Å². The van der Waals surface area contributed by atoms with Gasteiger partial charge in [-0.1, -0.05) is 0 Å². The molecule has 0 saturated heterocycles. The maximum absolute atomic E-state index is 10.6. The van der Waals surface area contributed by atoms with E-state index in [0.29, 0.717) is 5.56 Å². The van der Waals surface area contributed by atoms with Crippen molar-refractivity contribution in [3.63, 3.8) is 0 Å². The summed E-state index contributed by atoms with van der Waals surface area (Å²) < 4.78 is 0. The Morgan fingerprint density at radius 3 is 2.59 bits per heavy atom. The van der Waals surface area contributed by atoms with Gasteiger partial charge in [0.05, 0.1) is 0 Å². The SMILES string of the molecule is O=Cc1ccc(C23CC(NC(=O)O)(C2)C3)nc1. The highest BCUT2D eigenvalue weighted by Crippen LogP contribution is 2.67. The Labute approximate surface area is 97.9 Å². The van der Waals surface area contributed by atoms with Crippen molar-refractivity contribution in [3.05, 3.63) is 29.6 Å². The number of aldehydes is 1. The number of carboxylic acid groups (broad SMARTS) is 1. The van der Waals surface area contributed by atoms with E-state index in [1.165, 1.54) is 0 Å². The van der Waals surface area contributed by atoms with Gasteiger partial charge in [0, 0.05) is 28.4 Å². The highest BCUT2D eigenvalue weighted by Gasteiger charge is 2.69. The molecule has 1 heterocycles. The summed E-state index contributed by atoms with van der Waals surface area (Å²) in [5, 5.41) is 11.3. The number of nitrogens with zero attached hydrogens (tertiary/aromatic N) is 1. The number of carbonyl (C=O) groups excluding carboxylic acids is 1. The Morgan fingerprint density at radius 2 is 2.12 bits per heavy atom. The molecule has 1 aromatic heterocycles. The normalized spacial score (nSPS) is 33.2. The maximum Gasteiger partial charge on any atom is 0.405 e. The van der Waals surface area contributed by atoms with Gasteiger partial charge in [-0.25, -0.2) is 4.79 Å². The van der Waals surface area contributed by atoms with E-state index in [-0.39, 0.29) is 11.0 Å². The van der Waals surface area contributed by atoms with Crippen molar-refractivity contribution in [3.8, 4) is 0 Å². The van der Waals surface area contributed by atoms with Crippen LogP contribution < -0.4 is 5.32 Å². The zero-order valence-electron chi connectivity index (χ0n) is 9.14. The average Bonchev–Trinajstić information content (AvgIpc) is 2.21. The number of amides is 1. The van der Waals surface area contributed by atoms with Crippen molar-refractivity contribution in [2.75, 3.05) is 0 Å². The molecular weight excluding hydrogens is 220 g/mol. The zero-order chi connectivity index (χ0) is 12.1. The maximum atomic E-state index is 10.6. The monoisotopic (exact) mass is 232 g/mol. The van der Waals surface area contributed by atoms with Gasteiger partial charge in [-0.3, -0.25) is 9.78 Å². The third kappa shape index (κ3) is 1.35. The van der Waals surface area contributed by atoms with Crippen LogP contribution in [0.5, 0.6) is 0 Å². The lowest BCUT2D eigenvalue weighted by Gasteiger charge is -2.69. The predicted octanol–water partition coefficient (Wildman–Crippen LogP) is 1.34. The summed E-state index contributed by atoms with van der Waals surface area (Å²) in [6.07, 6.45) is 3.84. The lowest BCUT2D eigenvalue weighted by Crippen LogP contribution is -2.76. The first-order valence-corrected chi connectivity index (χ1v) is 5.50. The summed E-state index contributed by atoms with van der Waals surface area (Å²) in [5.41, 5.74) is 1.37. The molecule has 0 radical (unpaired) electrons. The van der Waals surface area contributed by atoms with Gasteiger partial charge >= 0.3 is 6.09 Å². The van der Waals surface area contributed by atoms with Crippen LogP contribution in [0.3, 0.4) is 0 Å². The van der Waals surface area contributed by atoms with Crippen LogP contribution in [-0.2, 0) is 5.41 Å². The van der Waals surface area contributed by atoms with Gasteiger partial charge in [-0.15, -0.1) is 0 Å². The molecule has 2 N–H and O–H groups in total. The van der Waals surface area contributed by atoms with Gasteiger partial charge in [0.1, 0.15) is 0 Å². The molecule has 0 aliphatic heterocycles. The molecule has 0 aromatic carbocycles. The predicted molar refractivity (Wildman–Crippen MR) is 59.0 cm³/mol. The van der Waals surface area contributed by atoms with Crippen LogP contribution in [0.1, 0.15) is 35.3 Å². The second kappa shape index (κ2) is 3.06. The highest BCUT2D eigenvalue weighted by atomic mass is 16.4. The summed E-state index contributed by atoms with van der Waals surface area (Å²) in [5.74, 6) is 0. The van der Waals surface area contributed by atoms with Crippen LogP contribution in [0.25, 0.3) is 0 Å². The Bertz CT molecular complexity index is 475. The summed E-state index contributed by atoms with van der Waals surface area (Å²) in [4.78, 5) is 25.4. The second-order valence-corrected chi connectivity index (χ2v) is 5.12. The van der Waals surface area contributed by atoms with Gasteiger partial charge in [-0.05, 0) is 31.4 Å². The van der Waals surface area contributed by atoms with Crippen LogP contribution in [0.4, 0.5) is 4.79 Å². The molecule has 2 bridgehead atoms. The molecule has 0 atom stereocenters. The van der Waals surface area contributed by atoms with E-state index in [0.717, 1.165) is 31.2 Å². The molecule has 5 nitrogen and oxygen atoms in total. The number of nitrogens with one attached hydrogen (secondary N) is 1. The average molecular weight is 232 g/mol. The van der Waals surface area contributed by atoms with E-state index in [2.05, 4.69) is 10.3 Å². The standard InChI is InChI=1S/C12H12N2O3/c15-4-8-1-2-9(13-3-8)11-5-12(6-11,7-11)14-10(16)17/h1-4,14H,5-7H2,(H,16,17). The molecule has 1 amide bonds. The number of hydrogen-bond acceptors (Lipinski definition) is 3. The van der Waals surface area contributed by atoms with Crippen LogP contribution >= 0.6 is 0 Å². The lowest BCUT2D eigenvalue weighted by atomic mass is 9.38. The molecule has 3 aliphatic carbocycles. The Hall–Kier alpha value is -1.91. The molecule has 1 aromatic rings. The van der Waals surface area contributed by atoms with Crippen molar-refractivity contribution in [2.24, 2.45) is 0 Å². The van der Waals surface area contributed by atoms with Crippen LogP contribution in [0.15, 0.2) is 18.3 Å². The van der Waals surface area contributed by atoms with Gasteiger partial charge in [0.25, 0.3) is 0 Å². The van der Waals surface area contributed by atoms with E-state index in [1.807, 2.05) is 6.07 Å². The molecule has 0 spiro atoms. The summed E-state index contributed by atoms with van der Waals surface area (Å²) in [7, 11) is 0. The van der Waals surface area contributed by atoms with Crippen molar-refractivity contribution in [1.82, 2.24) is 10.3 Å². The molecule has 5 heteroatoms. The molecule has 17 heavy (non-hydrogen) atoms. The molecule has 0 unspecified atom stereocenters. The minimum Gasteiger partial charge on any atom is -0.465 e. The number of pyridine rings is 1. The molecule has 3 aliphatic rings. The summed E-state index contributed by atoms with van der Waals surface area (Å²) >= 11 is 0. The van der Waals surface area contributed by atoms with E-state index >= 15 is 0 Å². The fourth-order valence-corrected chi connectivity index (χ4v) is 3.21. The van der Waals surface area contributed by atoms with Gasteiger partial charge in [0.15, 0.2) is 6.29 Å². The highest BCUT2D eigenvalue weighted by molar-refractivity contribution is 5.74. The smallest absolute Gasteiger partial charge is 0.405 e. The molecule has 3 saturated carbocycles. The van der Waals surface area contributed by atoms with Crippen molar-refractivity contribution >= 4 is 12.4 Å². The fraction of sp³-hybridized carbons (Fsp3) is 0.417. The largest absolute Gasteiger partial charge is 0.465 e. The Kier molecular flexibility index (Phi) is 1.85. The van der Waals surface area contributed by atoms with Gasteiger partial charge in [0.2, 0.25) is 0 Å². The van der Waals surface area contributed by atoms with Gasteiger partial charge < -0.3 is 10.4 Å². The third-order valence-corrected chi connectivity index (χ3v) is 3.87. The Balaban J connectivity index is 1.73. The first-order chi connectivity index (χ1) is 8.07. The molecule has 3 fully saturated rings. The fourth-order valence-electron chi connectivity index (χ4n) is 3.21.